The molecule has 3 aromatic rings. The van der Waals surface area contributed by atoms with Crippen LogP contribution in [0.1, 0.15) is 27.2 Å². The second-order valence-corrected chi connectivity index (χ2v) is 6.30. The number of benzene rings is 2. The summed E-state index contributed by atoms with van der Waals surface area (Å²) in [5, 5.41) is 6.22. The SMILES string of the molecule is O=C(NCc1ccc2c(c1)CNC2)c1cccc(-c2ccc(F)cc2)n1. The molecule has 2 aromatic carbocycles. The number of nitrogens with zero attached hydrogens (tertiary/aromatic N) is 1. The van der Waals surface area contributed by atoms with Crippen molar-refractivity contribution in [1.82, 2.24) is 15.6 Å². The van der Waals surface area contributed by atoms with E-state index in [1.54, 1.807) is 30.3 Å². The Kier molecular flexibility index (Phi) is 4.46. The normalized spacial score (nSPS) is 12.7. The van der Waals surface area contributed by atoms with Crippen molar-refractivity contribution in [3.05, 3.63) is 88.9 Å². The Hall–Kier alpha value is -3.05. The molecule has 0 atom stereocenters. The molecule has 2 N–H and O–H groups in total. The van der Waals surface area contributed by atoms with Crippen molar-refractivity contribution in [2.24, 2.45) is 0 Å². The monoisotopic (exact) mass is 347 g/mol. The molecule has 0 saturated carbocycles. The van der Waals surface area contributed by atoms with Gasteiger partial charge in [-0.3, -0.25) is 4.79 Å². The first-order chi connectivity index (χ1) is 12.7. The fourth-order valence-electron chi connectivity index (χ4n) is 3.07. The zero-order valence-electron chi connectivity index (χ0n) is 14.1. The molecule has 1 aliphatic rings. The van der Waals surface area contributed by atoms with E-state index in [2.05, 4.69) is 27.8 Å². The number of halogens is 1. The summed E-state index contributed by atoms with van der Waals surface area (Å²) in [4.78, 5) is 16.8. The first kappa shape index (κ1) is 16.4. The lowest BCUT2D eigenvalue weighted by Gasteiger charge is -2.08. The Bertz CT molecular complexity index is 954. The van der Waals surface area contributed by atoms with Crippen molar-refractivity contribution in [3.63, 3.8) is 0 Å². The van der Waals surface area contributed by atoms with Crippen molar-refractivity contribution in [2.75, 3.05) is 0 Å². The van der Waals surface area contributed by atoms with Gasteiger partial charge in [0.2, 0.25) is 0 Å². The van der Waals surface area contributed by atoms with Gasteiger partial charge in [-0.05, 0) is 53.1 Å². The first-order valence-corrected chi connectivity index (χ1v) is 8.52. The van der Waals surface area contributed by atoms with Gasteiger partial charge < -0.3 is 10.6 Å². The Morgan fingerprint density at radius 3 is 2.69 bits per heavy atom. The Morgan fingerprint density at radius 1 is 1.04 bits per heavy atom. The summed E-state index contributed by atoms with van der Waals surface area (Å²) < 4.78 is 13.1. The molecule has 0 saturated heterocycles. The van der Waals surface area contributed by atoms with Crippen LogP contribution in [0.3, 0.4) is 0 Å². The number of aromatic nitrogens is 1. The van der Waals surface area contributed by atoms with Crippen LogP contribution < -0.4 is 10.6 Å². The molecule has 26 heavy (non-hydrogen) atoms. The Balaban J connectivity index is 1.46. The average Bonchev–Trinajstić information content (AvgIpc) is 3.14. The van der Waals surface area contributed by atoms with E-state index in [0.29, 0.717) is 17.9 Å². The van der Waals surface area contributed by atoms with Crippen LogP contribution in [-0.4, -0.2) is 10.9 Å². The molecule has 130 valence electrons. The number of hydrogen-bond donors (Lipinski definition) is 2. The molecule has 4 nitrogen and oxygen atoms in total. The minimum absolute atomic E-state index is 0.229. The fourth-order valence-corrected chi connectivity index (χ4v) is 3.07. The third-order valence-corrected chi connectivity index (χ3v) is 4.48. The standard InChI is InChI=1S/C21H18FN3O/c22-18-8-6-15(7-9-18)19-2-1-3-20(25-19)21(26)24-11-14-4-5-16-12-23-13-17(16)10-14/h1-10,23H,11-13H2,(H,24,26). The van der Waals surface area contributed by atoms with Gasteiger partial charge in [0.25, 0.3) is 5.91 Å². The molecule has 0 bridgehead atoms. The van der Waals surface area contributed by atoms with E-state index in [1.807, 2.05) is 6.07 Å². The van der Waals surface area contributed by atoms with Crippen LogP contribution in [0.2, 0.25) is 0 Å². The molecule has 2 heterocycles. The number of pyridine rings is 1. The summed E-state index contributed by atoms with van der Waals surface area (Å²) in [6, 6.07) is 17.6. The molecule has 0 spiro atoms. The van der Waals surface area contributed by atoms with Crippen LogP contribution in [0, 0.1) is 5.82 Å². The molecule has 0 aliphatic carbocycles. The molecule has 1 amide bonds. The van der Waals surface area contributed by atoms with E-state index in [-0.39, 0.29) is 11.7 Å². The van der Waals surface area contributed by atoms with Crippen LogP contribution >= 0.6 is 0 Å². The van der Waals surface area contributed by atoms with Gasteiger partial charge in [0.15, 0.2) is 0 Å². The number of carbonyl (C=O) groups excluding carboxylic acids is 1. The van der Waals surface area contributed by atoms with Crippen molar-refractivity contribution >= 4 is 5.91 Å². The Morgan fingerprint density at radius 2 is 1.85 bits per heavy atom. The lowest BCUT2D eigenvalue weighted by molar-refractivity contribution is 0.0946. The van der Waals surface area contributed by atoms with Crippen molar-refractivity contribution in [2.45, 2.75) is 19.6 Å². The van der Waals surface area contributed by atoms with E-state index in [0.717, 1.165) is 24.2 Å². The lowest BCUT2D eigenvalue weighted by atomic mass is 10.1. The summed E-state index contributed by atoms with van der Waals surface area (Å²) in [6.45, 7) is 2.23. The second-order valence-electron chi connectivity index (χ2n) is 6.30. The number of carbonyl (C=O) groups is 1. The van der Waals surface area contributed by atoms with Gasteiger partial charge in [-0.15, -0.1) is 0 Å². The van der Waals surface area contributed by atoms with Gasteiger partial charge in [-0.1, -0.05) is 24.3 Å². The van der Waals surface area contributed by atoms with E-state index in [4.69, 9.17) is 0 Å². The van der Waals surface area contributed by atoms with Gasteiger partial charge in [0.05, 0.1) is 5.69 Å². The zero-order valence-corrected chi connectivity index (χ0v) is 14.1. The largest absolute Gasteiger partial charge is 0.347 e. The minimum Gasteiger partial charge on any atom is -0.347 e. The average molecular weight is 347 g/mol. The van der Waals surface area contributed by atoms with Crippen LogP contribution in [0.5, 0.6) is 0 Å². The number of nitrogens with one attached hydrogen (secondary N) is 2. The van der Waals surface area contributed by atoms with Crippen molar-refractivity contribution < 1.29 is 9.18 Å². The van der Waals surface area contributed by atoms with Crippen LogP contribution in [0.15, 0.2) is 60.7 Å². The van der Waals surface area contributed by atoms with Crippen LogP contribution in [-0.2, 0) is 19.6 Å². The summed E-state index contributed by atoms with van der Waals surface area (Å²) >= 11 is 0. The number of fused-ring (bicyclic) bond motifs is 1. The molecule has 0 fully saturated rings. The van der Waals surface area contributed by atoms with E-state index >= 15 is 0 Å². The summed E-state index contributed by atoms with van der Waals surface area (Å²) in [6.07, 6.45) is 0. The van der Waals surface area contributed by atoms with Gasteiger partial charge >= 0.3 is 0 Å². The summed E-state index contributed by atoms with van der Waals surface area (Å²) in [7, 11) is 0. The third kappa shape index (κ3) is 3.48. The molecule has 1 aliphatic heterocycles. The van der Waals surface area contributed by atoms with Gasteiger partial charge in [-0.25, -0.2) is 9.37 Å². The molecule has 0 unspecified atom stereocenters. The number of amides is 1. The predicted molar refractivity (Wildman–Crippen MR) is 97.8 cm³/mol. The molecule has 5 heteroatoms. The maximum atomic E-state index is 13.1. The highest BCUT2D eigenvalue weighted by Crippen LogP contribution is 2.18. The highest BCUT2D eigenvalue weighted by Gasteiger charge is 2.12. The number of rotatable bonds is 4. The van der Waals surface area contributed by atoms with Crippen LogP contribution in [0.25, 0.3) is 11.3 Å². The third-order valence-electron chi connectivity index (χ3n) is 4.48. The number of hydrogen-bond acceptors (Lipinski definition) is 3. The molecule has 1 aromatic heterocycles. The van der Waals surface area contributed by atoms with Crippen molar-refractivity contribution in [3.8, 4) is 11.3 Å². The topological polar surface area (TPSA) is 54.0 Å². The fraction of sp³-hybridized carbons (Fsp3) is 0.143. The summed E-state index contributed by atoms with van der Waals surface area (Å²) in [5.41, 5.74) is 5.42. The predicted octanol–water partition coefficient (Wildman–Crippen LogP) is 3.42. The quantitative estimate of drug-likeness (QED) is 0.760. The second kappa shape index (κ2) is 7.06. The van der Waals surface area contributed by atoms with E-state index < -0.39 is 0 Å². The minimum atomic E-state index is -0.299. The molecular formula is C21H18FN3O. The van der Waals surface area contributed by atoms with Crippen molar-refractivity contribution in [1.29, 1.82) is 0 Å². The smallest absolute Gasteiger partial charge is 0.270 e. The maximum absolute atomic E-state index is 13.1. The molecule has 0 radical (unpaired) electrons. The molecule has 4 rings (SSSR count). The Labute approximate surface area is 151 Å². The highest BCUT2D eigenvalue weighted by molar-refractivity contribution is 5.92. The van der Waals surface area contributed by atoms with Gasteiger partial charge in [0, 0.05) is 25.2 Å². The van der Waals surface area contributed by atoms with E-state index in [1.165, 1.54) is 23.3 Å². The lowest BCUT2D eigenvalue weighted by Crippen LogP contribution is -2.24. The van der Waals surface area contributed by atoms with Gasteiger partial charge in [-0.2, -0.15) is 0 Å². The first-order valence-electron chi connectivity index (χ1n) is 8.52. The van der Waals surface area contributed by atoms with E-state index in [9.17, 15) is 9.18 Å². The van der Waals surface area contributed by atoms with Crippen LogP contribution in [0.4, 0.5) is 4.39 Å². The maximum Gasteiger partial charge on any atom is 0.270 e. The zero-order chi connectivity index (χ0) is 17.9. The molecular weight excluding hydrogens is 329 g/mol. The van der Waals surface area contributed by atoms with Gasteiger partial charge in [0.1, 0.15) is 11.5 Å². The highest BCUT2D eigenvalue weighted by atomic mass is 19.1. The summed E-state index contributed by atoms with van der Waals surface area (Å²) in [5.74, 6) is -0.528.